The first-order valence-corrected chi connectivity index (χ1v) is 10.9. The summed E-state index contributed by atoms with van der Waals surface area (Å²) >= 11 is 0. The van der Waals surface area contributed by atoms with E-state index in [1.54, 1.807) is 42.6 Å². The summed E-state index contributed by atoms with van der Waals surface area (Å²) in [5, 5.41) is 2.81. The zero-order valence-corrected chi connectivity index (χ0v) is 17.1. The van der Waals surface area contributed by atoms with Gasteiger partial charge in [-0.25, -0.2) is 8.42 Å². The van der Waals surface area contributed by atoms with Crippen molar-refractivity contribution >= 4 is 21.6 Å². The van der Waals surface area contributed by atoms with Gasteiger partial charge in [0, 0.05) is 18.8 Å². The molecule has 1 aliphatic heterocycles. The van der Waals surface area contributed by atoms with Crippen LogP contribution in [0.5, 0.6) is 5.75 Å². The second-order valence-corrected chi connectivity index (χ2v) is 8.93. The smallest absolute Gasteiger partial charge is 0.243 e. The molecule has 0 unspecified atom stereocenters. The average Bonchev–Trinajstić information content (AvgIpc) is 2.70. The van der Waals surface area contributed by atoms with Crippen LogP contribution < -0.4 is 10.1 Å². The molecule has 0 bridgehead atoms. The summed E-state index contributed by atoms with van der Waals surface area (Å²) in [6.07, 6.45) is 3.01. The largest absolute Gasteiger partial charge is 0.497 e. The van der Waals surface area contributed by atoms with Crippen molar-refractivity contribution in [3.8, 4) is 5.75 Å². The normalized spacial score (nSPS) is 15.2. The van der Waals surface area contributed by atoms with Crippen LogP contribution in [0.3, 0.4) is 0 Å². The van der Waals surface area contributed by atoms with E-state index in [1.165, 1.54) is 0 Å². The number of piperidine rings is 1. The fourth-order valence-corrected chi connectivity index (χ4v) is 5.14. The number of amides is 1. The van der Waals surface area contributed by atoms with E-state index >= 15 is 0 Å². The minimum Gasteiger partial charge on any atom is -0.497 e. The Morgan fingerprint density at radius 3 is 2.57 bits per heavy atom. The highest BCUT2D eigenvalue weighted by Crippen LogP contribution is 2.26. The topological polar surface area (TPSA) is 75.7 Å². The first kappa shape index (κ1) is 20.4. The highest BCUT2D eigenvalue weighted by atomic mass is 32.2. The predicted octanol–water partition coefficient (Wildman–Crippen LogP) is 3.36. The Morgan fingerprint density at radius 1 is 1.11 bits per heavy atom. The third-order valence-corrected chi connectivity index (χ3v) is 6.94. The molecule has 1 N–H and O–H groups in total. The van der Waals surface area contributed by atoms with Gasteiger partial charge in [-0.15, -0.1) is 0 Å². The molecule has 1 saturated heterocycles. The van der Waals surface area contributed by atoms with Crippen LogP contribution in [-0.2, 0) is 21.2 Å². The minimum absolute atomic E-state index is 0.180. The van der Waals surface area contributed by atoms with E-state index < -0.39 is 10.0 Å². The van der Waals surface area contributed by atoms with Gasteiger partial charge in [-0.1, -0.05) is 24.6 Å². The molecule has 1 aliphatic rings. The molecule has 1 heterocycles. The van der Waals surface area contributed by atoms with Gasteiger partial charge in [0.15, 0.2) is 0 Å². The summed E-state index contributed by atoms with van der Waals surface area (Å²) < 4.78 is 32.7. The van der Waals surface area contributed by atoms with Gasteiger partial charge in [0.1, 0.15) is 5.75 Å². The van der Waals surface area contributed by atoms with Crippen LogP contribution >= 0.6 is 0 Å². The van der Waals surface area contributed by atoms with Gasteiger partial charge in [-0.3, -0.25) is 4.79 Å². The predicted molar refractivity (Wildman–Crippen MR) is 109 cm³/mol. The number of carbonyl (C=O) groups is 1. The number of hydrogen-bond acceptors (Lipinski definition) is 4. The van der Waals surface area contributed by atoms with E-state index in [0.29, 0.717) is 30.1 Å². The summed E-state index contributed by atoms with van der Waals surface area (Å²) in [5.41, 5.74) is 1.98. The van der Waals surface area contributed by atoms with Gasteiger partial charge in [0.25, 0.3) is 0 Å². The summed E-state index contributed by atoms with van der Waals surface area (Å²) in [4.78, 5) is 12.7. The Bertz CT molecular complexity index is 951. The maximum atomic E-state index is 13.0. The van der Waals surface area contributed by atoms with Crippen molar-refractivity contribution in [3.63, 3.8) is 0 Å². The number of nitrogens with zero attached hydrogens (tertiary/aromatic N) is 1. The van der Waals surface area contributed by atoms with Gasteiger partial charge in [-0.05, 0) is 55.2 Å². The summed E-state index contributed by atoms with van der Waals surface area (Å²) in [7, 11) is -1.97. The third kappa shape index (κ3) is 4.72. The van der Waals surface area contributed by atoms with Crippen molar-refractivity contribution in [2.45, 2.75) is 37.5 Å². The first-order chi connectivity index (χ1) is 13.4. The van der Waals surface area contributed by atoms with E-state index in [9.17, 15) is 13.2 Å². The van der Waals surface area contributed by atoms with Gasteiger partial charge >= 0.3 is 0 Å². The molecule has 1 fully saturated rings. The number of anilines is 1. The van der Waals surface area contributed by atoms with E-state index in [0.717, 1.165) is 24.8 Å². The van der Waals surface area contributed by atoms with Gasteiger partial charge in [0.05, 0.1) is 18.4 Å². The number of carbonyl (C=O) groups excluding carboxylic acids is 1. The lowest BCUT2D eigenvalue weighted by atomic mass is 10.1. The van der Waals surface area contributed by atoms with E-state index in [4.69, 9.17) is 4.74 Å². The van der Waals surface area contributed by atoms with E-state index in [2.05, 4.69) is 5.32 Å². The fraction of sp³-hybridized carbons (Fsp3) is 0.381. The van der Waals surface area contributed by atoms with Gasteiger partial charge in [0.2, 0.25) is 15.9 Å². The lowest BCUT2D eigenvalue weighted by molar-refractivity contribution is -0.115. The molecule has 0 radical (unpaired) electrons. The molecule has 6 nitrogen and oxygen atoms in total. The molecule has 0 spiro atoms. The second-order valence-electron chi connectivity index (χ2n) is 7.02. The van der Waals surface area contributed by atoms with Crippen molar-refractivity contribution in [2.75, 3.05) is 25.5 Å². The van der Waals surface area contributed by atoms with Crippen molar-refractivity contribution in [1.82, 2.24) is 4.31 Å². The van der Waals surface area contributed by atoms with Crippen molar-refractivity contribution in [1.29, 1.82) is 0 Å². The number of aryl methyl sites for hydroxylation is 1. The Hall–Kier alpha value is -2.38. The lowest BCUT2D eigenvalue weighted by Crippen LogP contribution is -2.36. The van der Waals surface area contributed by atoms with Crippen LogP contribution in [-0.4, -0.2) is 38.8 Å². The molecule has 0 atom stereocenters. The molecule has 28 heavy (non-hydrogen) atoms. The molecule has 0 saturated carbocycles. The number of methoxy groups -OCH3 is 1. The van der Waals surface area contributed by atoms with Crippen LogP contribution in [0.15, 0.2) is 47.4 Å². The van der Waals surface area contributed by atoms with Crippen molar-refractivity contribution < 1.29 is 17.9 Å². The molecule has 2 aromatic rings. The molecule has 3 rings (SSSR count). The van der Waals surface area contributed by atoms with E-state index in [-0.39, 0.29) is 17.2 Å². The molecular formula is C21H26N2O4S. The zero-order chi connectivity index (χ0) is 20.1. The molecule has 0 aliphatic carbocycles. The zero-order valence-electron chi connectivity index (χ0n) is 16.3. The number of rotatable bonds is 6. The number of nitrogens with one attached hydrogen (secondary N) is 1. The van der Waals surface area contributed by atoms with Crippen molar-refractivity contribution in [2.24, 2.45) is 0 Å². The number of hydrogen-bond donors (Lipinski definition) is 1. The molecule has 1 amide bonds. The third-order valence-electron chi connectivity index (χ3n) is 4.90. The fourth-order valence-electron chi connectivity index (χ4n) is 3.37. The van der Waals surface area contributed by atoms with Crippen LogP contribution in [0.25, 0.3) is 0 Å². The number of ether oxygens (including phenoxy) is 1. The Balaban J connectivity index is 1.76. The quantitative estimate of drug-likeness (QED) is 0.804. The SMILES string of the molecule is COc1cccc(CC(=O)Nc2ccc(C)c(S(=O)(=O)N3CCCCC3)c2)c1. The van der Waals surface area contributed by atoms with Gasteiger partial charge in [-0.2, -0.15) is 4.31 Å². The molecule has 7 heteroatoms. The van der Waals surface area contributed by atoms with Crippen LogP contribution in [0.2, 0.25) is 0 Å². The average molecular weight is 403 g/mol. The highest BCUT2D eigenvalue weighted by molar-refractivity contribution is 7.89. The Morgan fingerprint density at radius 2 is 1.86 bits per heavy atom. The summed E-state index contributed by atoms with van der Waals surface area (Å²) in [6.45, 7) is 2.88. The standard InChI is InChI=1S/C21H26N2O4S/c1-16-9-10-18(15-20(16)28(25,26)23-11-4-3-5-12-23)22-21(24)14-17-7-6-8-19(13-17)27-2/h6-10,13,15H,3-5,11-12,14H2,1-2H3,(H,22,24). The second kappa shape index (κ2) is 8.75. The number of benzene rings is 2. The van der Waals surface area contributed by atoms with Gasteiger partial charge < -0.3 is 10.1 Å². The monoisotopic (exact) mass is 402 g/mol. The molecule has 0 aromatic heterocycles. The summed E-state index contributed by atoms with van der Waals surface area (Å²) in [6, 6.07) is 12.3. The molecular weight excluding hydrogens is 376 g/mol. The summed E-state index contributed by atoms with van der Waals surface area (Å²) in [5.74, 6) is 0.481. The maximum absolute atomic E-state index is 13.0. The van der Waals surface area contributed by atoms with Crippen LogP contribution in [0.4, 0.5) is 5.69 Å². The Labute approximate surface area is 166 Å². The minimum atomic E-state index is -3.55. The van der Waals surface area contributed by atoms with Crippen LogP contribution in [0.1, 0.15) is 30.4 Å². The van der Waals surface area contributed by atoms with Crippen LogP contribution in [0, 0.1) is 6.92 Å². The molecule has 150 valence electrons. The molecule has 2 aromatic carbocycles. The highest BCUT2D eigenvalue weighted by Gasteiger charge is 2.27. The van der Waals surface area contributed by atoms with E-state index in [1.807, 2.05) is 18.2 Å². The maximum Gasteiger partial charge on any atom is 0.243 e. The Kier molecular flexibility index (Phi) is 6.36. The first-order valence-electron chi connectivity index (χ1n) is 9.44. The lowest BCUT2D eigenvalue weighted by Gasteiger charge is -2.26. The van der Waals surface area contributed by atoms with Crippen molar-refractivity contribution in [3.05, 3.63) is 53.6 Å². The number of sulfonamides is 1.